The number of aromatic nitrogens is 3. The Morgan fingerprint density at radius 2 is 1.92 bits per heavy atom. The topological polar surface area (TPSA) is 98.3 Å². The average Bonchev–Trinajstić information content (AvgIpc) is 3.25. The first-order valence-corrected chi connectivity index (χ1v) is 9.75. The molecule has 1 aliphatic heterocycles. The number of carbonyl (C=O) groups excluding carboxylic acids is 1. The maximum Gasteiger partial charge on any atom is 0.276 e. The Balaban J connectivity index is 1.40. The molecule has 1 fully saturated rings. The molecule has 0 saturated carbocycles. The second-order valence-electron chi connectivity index (χ2n) is 6.07. The van der Waals surface area contributed by atoms with Crippen LogP contribution in [0, 0.1) is 0 Å². The monoisotopic (exact) mass is 372 g/mol. The van der Waals surface area contributed by atoms with Crippen molar-refractivity contribution in [2.45, 2.75) is 11.0 Å². The number of rotatable bonds is 5. The van der Waals surface area contributed by atoms with Crippen molar-refractivity contribution in [3.05, 3.63) is 66.4 Å². The summed E-state index contributed by atoms with van der Waals surface area (Å²) in [6, 6.07) is 12.5. The van der Waals surface area contributed by atoms with Crippen LogP contribution >= 0.6 is 0 Å². The lowest BCUT2D eigenvalue weighted by Crippen LogP contribution is -2.57. The maximum absolute atomic E-state index is 12.5. The number of carbonyl (C=O) groups is 1. The lowest BCUT2D eigenvalue weighted by molar-refractivity contribution is 0.0652. The van der Waals surface area contributed by atoms with Gasteiger partial charge in [-0.05, 0) is 24.3 Å². The second-order valence-corrected chi connectivity index (χ2v) is 8.35. The van der Waals surface area contributed by atoms with Gasteiger partial charge in [-0.2, -0.15) is 9.90 Å². The summed E-state index contributed by atoms with van der Waals surface area (Å²) < 4.78 is 29.8. The van der Waals surface area contributed by atoms with Gasteiger partial charge in [0.2, 0.25) is 0 Å². The summed E-state index contributed by atoms with van der Waals surface area (Å²) in [5.41, 5.74) is 0.935. The third-order valence-electron chi connectivity index (χ3n) is 4.26. The van der Waals surface area contributed by atoms with Crippen LogP contribution in [0.5, 0.6) is 0 Å². The van der Waals surface area contributed by atoms with E-state index >= 15 is 0 Å². The van der Waals surface area contributed by atoms with E-state index in [1.807, 2.05) is 30.3 Å². The van der Waals surface area contributed by atoms with Gasteiger partial charge in [-0.15, -0.1) is 5.10 Å². The third kappa shape index (κ3) is 3.13. The molecule has 0 aliphatic carbocycles. The molecule has 134 valence electrons. The molecular weight excluding hydrogens is 356 g/mol. The van der Waals surface area contributed by atoms with E-state index in [0.717, 1.165) is 5.69 Å². The van der Waals surface area contributed by atoms with E-state index in [1.54, 1.807) is 12.1 Å². The quantitative estimate of drug-likeness (QED) is 0.669. The fraction of sp³-hybridized carbons (Fsp3) is 0.235. The van der Waals surface area contributed by atoms with Crippen LogP contribution < -0.4 is 0 Å². The molecule has 8 nitrogen and oxygen atoms in total. The molecule has 3 aromatic rings. The largest absolute Gasteiger partial charge is 0.468 e. The Bertz CT molecular complexity index is 1010. The van der Waals surface area contributed by atoms with E-state index in [2.05, 4.69) is 10.2 Å². The predicted octanol–water partition coefficient (Wildman–Crippen LogP) is 1.30. The lowest BCUT2D eigenvalue weighted by atomic mass is 10.2. The summed E-state index contributed by atoms with van der Waals surface area (Å²) in [5.74, 6) is -0.0751. The van der Waals surface area contributed by atoms with E-state index in [-0.39, 0.29) is 30.4 Å². The van der Waals surface area contributed by atoms with Crippen LogP contribution in [-0.4, -0.2) is 52.6 Å². The number of para-hydroxylation sites is 1. The highest BCUT2D eigenvalue weighted by Crippen LogP contribution is 2.22. The average molecular weight is 372 g/mol. The van der Waals surface area contributed by atoms with E-state index in [4.69, 9.17) is 4.42 Å². The Morgan fingerprint density at radius 1 is 1.15 bits per heavy atom. The Labute approximate surface area is 150 Å². The van der Waals surface area contributed by atoms with Gasteiger partial charge in [0.1, 0.15) is 11.5 Å². The van der Waals surface area contributed by atoms with Crippen LogP contribution in [0.25, 0.3) is 5.69 Å². The summed E-state index contributed by atoms with van der Waals surface area (Å²) >= 11 is 0. The number of furan rings is 1. The van der Waals surface area contributed by atoms with Crippen molar-refractivity contribution in [2.75, 3.05) is 13.1 Å². The number of likely N-dealkylation sites (tertiary alicyclic amines) is 1. The highest BCUT2D eigenvalue weighted by Gasteiger charge is 2.40. The molecule has 3 heterocycles. The summed E-state index contributed by atoms with van der Waals surface area (Å²) in [6.45, 7) is 0.306. The van der Waals surface area contributed by atoms with Gasteiger partial charge >= 0.3 is 0 Å². The molecule has 0 bridgehead atoms. The van der Waals surface area contributed by atoms with Crippen LogP contribution in [0.2, 0.25) is 0 Å². The predicted molar refractivity (Wildman–Crippen MR) is 92.4 cm³/mol. The number of hydrogen-bond acceptors (Lipinski definition) is 6. The van der Waals surface area contributed by atoms with Crippen molar-refractivity contribution in [1.82, 2.24) is 19.9 Å². The molecule has 1 aliphatic rings. The van der Waals surface area contributed by atoms with E-state index in [9.17, 15) is 13.2 Å². The summed E-state index contributed by atoms with van der Waals surface area (Å²) in [4.78, 5) is 15.3. The molecule has 9 heteroatoms. The van der Waals surface area contributed by atoms with Crippen molar-refractivity contribution in [3.63, 3.8) is 0 Å². The number of amides is 1. The smallest absolute Gasteiger partial charge is 0.276 e. The van der Waals surface area contributed by atoms with Gasteiger partial charge in [-0.3, -0.25) is 4.79 Å². The van der Waals surface area contributed by atoms with Gasteiger partial charge in [-0.1, -0.05) is 18.2 Å². The normalized spacial score (nSPS) is 15.0. The maximum atomic E-state index is 12.5. The molecule has 1 aromatic carbocycles. The molecule has 1 amide bonds. The second kappa shape index (κ2) is 6.41. The van der Waals surface area contributed by atoms with Crippen LogP contribution in [0.4, 0.5) is 0 Å². The van der Waals surface area contributed by atoms with Crippen LogP contribution in [0.3, 0.4) is 0 Å². The summed E-state index contributed by atoms with van der Waals surface area (Å²) in [7, 11) is -3.36. The number of nitrogens with zero attached hydrogens (tertiary/aromatic N) is 4. The van der Waals surface area contributed by atoms with Crippen molar-refractivity contribution in [3.8, 4) is 5.69 Å². The van der Waals surface area contributed by atoms with Crippen molar-refractivity contribution < 1.29 is 17.6 Å². The fourth-order valence-electron chi connectivity index (χ4n) is 2.75. The van der Waals surface area contributed by atoms with Gasteiger partial charge in [0.15, 0.2) is 15.5 Å². The lowest BCUT2D eigenvalue weighted by Gasteiger charge is -2.37. The van der Waals surface area contributed by atoms with Gasteiger partial charge in [0.25, 0.3) is 5.91 Å². The minimum Gasteiger partial charge on any atom is -0.468 e. The fourth-order valence-corrected chi connectivity index (χ4v) is 4.36. The Hall–Kier alpha value is -2.94. The van der Waals surface area contributed by atoms with Gasteiger partial charge in [0, 0.05) is 13.1 Å². The highest BCUT2D eigenvalue weighted by molar-refractivity contribution is 7.91. The Kier molecular flexibility index (Phi) is 4.08. The molecule has 26 heavy (non-hydrogen) atoms. The third-order valence-corrected chi connectivity index (χ3v) is 6.27. The number of benzene rings is 1. The number of hydrogen-bond donors (Lipinski definition) is 0. The van der Waals surface area contributed by atoms with E-state index in [1.165, 1.54) is 22.2 Å². The van der Waals surface area contributed by atoms with Crippen molar-refractivity contribution in [2.24, 2.45) is 0 Å². The minimum absolute atomic E-state index is 0.153. The molecule has 0 unspecified atom stereocenters. The van der Waals surface area contributed by atoms with Crippen LogP contribution in [-0.2, 0) is 15.6 Å². The van der Waals surface area contributed by atoms with Crippen LogP contribution in [0.15, 0.2) is 59.3 Å². The summed E-state index contributed by atoms with van der Waals surface area (Å²) in [5, 5.41) is 7.69. The molecule has 4 rings (SSSR count). The zero-order valence-corrected chi connectivity index (χ0v) is 14.5. The van der Waals surface area contributed by atoms with E-state index in [0.29, 0.717) is 5.76 Å². The minimum atomic E-state index is -3.36. The first-order valence-electron chi connectivity index (χ1n) is 8.04. The number of sulfone groups is 1. The van der Waals surface area contributed by atoms with Gasteiger partial charge in [-0.25, -0.2) is 8.42 Å². The zero-order chi connectivity index (χ0) is 18.1. The molecule has 0 spiro atoms. The highest BCUT2D eigenvalue weighted by atomic mass is 32.2. The molecule has 0 atom stereocenters. The molecular formula is C17H16N4O4S. The van der Waals surface area contributed by atoms with E-state index < -0.39 is 15.1 Å². The van der Waals surface area contributed by atoms with Gasteiger partial charge in [0.05, 0.1) is 23.4 Å². The molecule has 1 saturated heterocycles. The zero-order valence-electron chi connectivity index (χ0n) is 13.7. The molecule has 2 aromatic heterocycles. The first-order chi connectivity index (χ1) is 12.5. The first kappa shape index (κ1) is 16.5. The van der Waals surface area contributed by atoms with Crippen molar-refractivity contribution >= 4 is 15.7 Å². The van der Waals surface area contributed by atoms with Gasteiger partial charge < -0.3 is 9.32 Å². The molecule has 0 radical (unpaired) electrons. The summed E-state index contributed by atoms with van der Waals surface area (Å²) in [6.07, 6.45) is 2.83. The SMILES string of the molecule is O=C(c1cnn(-c2ccccc2)n1)N1CC(S(=O)(=O)Cc2ccco2)C1. The Morgan fingerprint density at radius 3 is 2.62 bits per heavy atom. The molecule has 0 N–H and O–H groups in total. The van der Waals surface area contributed by atoms with Crippen molar-refractivity contribution in [1.29, 1.82) is 0 Å². The standard InChI is InChI=1S/C17H16N4O4S/c22-17(16-9-18-21(19-16)13-5-2-1-3-6-13)20-10-15(11-20)26(23,24)12-14-7-4-8-25-14/h1-9,15H,10-12H2. The van der Waals surface area contributed by atoms with Crippen LogP contribution in [0.1, 0.15) is 16.2 Å².